The summed E-state index contributed by atoms with van der Waals surface area (Å²) in [6, 6.07) is 13.6. The number of hydrogen-bond donors (Lipinski definition) is 1. The van der Waals surface area contributed by atoms with E-state index in [0.717, 1.165) is 11.1 Å². The second kappa shape index (κ2) is 7.69. The summed E-state index contributed by atoms with van der Waals surface area (Å²) in [5.41, 5.74) is 2.89. The number of rotatable bonds is 6. The molecule has 0 saturated heterocycles. The van der Waals surface area contributed by atoms with Crippen molar-refractivity contribution < 1.29 is 18.3 Å². The Bertz CT molecular complexity index is 1140. The minimum atomic E-state index is -3.69. The fourth-order valence-corrected chi connectivity index (χ4v) is 4.61. The van der Waals surface area contributed by atoms with E-state index in [9.17, 15) is 18.3 Å². The summed E-state index contributed by atoms with van der Waals surface area (Å²) < 4.78 is 26.9. The Morgan fingerprint density at radius 1 is 1.04 bits per heavy atom. The van der Waals surface area contributed by atoms with Crippen LogP contribution in [0.5, 0.6) is 0 Å². The summed E-state index contributed by atoms with van der Waals surface area (Å²) in [6.07, 6.45) is 0. The zero-order chi connectivity index (χ0) is 20.5. The number of hydrogen-bond acceptors (Lipinski definition) is 4. The molecule has 0 atom stereocenters. The van der Waals surface area contributed by atoms with Crippen LogP contribution >= 0.6 is 0 Å². The van der Waals surface area contributed by atoms with Gasteiger partial charge in [-0.2, -0.15) is 4.31 Å². The molecule has 7 heteroatoms. The molecule has 3 rings (SSSR count). The minimum Gasteiger partial charge on any atom is -0.478 e. The van der Waals surface area contributed by atoms with Crippen molar-refractivity contribution in [1.82, 2.24) is 9.29 Å². The number of carbonyl (C=O) groups is 1. The highest BCUT2D eigenvalue weighted by Crippen LogP contribution is 2.28. The third-order valence-corrected chi connectivity index (χ3v) is 6.75. The lowest BCUT2D eigenvalue weighted by Crippen LogP contribution is -2.30. The summed E-state index contributed by atoms with van der Waals surface area (Å²) in [7, 11) is -3.69. The third kappa shape index (κ3) is 3.63. The standard InChI is InChI=1S/C21H22N2O4S/c1-4-23(5-2)28(26,27)16-10-11-19-17(12-16)18(21(24)25)13-20(22-19)15-8-6-14(3)7-9-15/h6-13H,4-5H2,1-3H3,(H,24,25). The van der Waals surface area contributed by atoms with E-state index in [1.54, 1.807) is 19.9 Å². The van der Waals surface area contributed by atoms with Crippen LogP contribution in [0.1, 0.15) is 29.8 Å². The molecule has 0 bridgehead atoms. The van der Waals surface area contributed by atoms with E-state index in [-0.39, 0.29) is 10.5 Å². The number of aryl methyl sites for hydroxylation is 1. The van der Waals surface area contributed by atoms with Crippen LogP contribution in [0.25, 0.3) is 22.2 Å². The van der Waals surface area contributed by atoms with Crippen LogP contribution in [0, 0.1) is 6.92 Å². The third-order valence-electron chi connectivity index (χ3n) is 4.70. The van der Waals surface area contributed by atoms with Gasteiger partial charge in [0.15, 0.2) is 0 Å². The zero-order valence-corrected chi connectivity index (χ0v) is 16.8. The number of nitrogens with zero attached hydrogens (tertiary/aromatic N) is 2. The van der Waals surface area contributed by atoms with Gasteiger partial charge in [0, 0.05) is 24.0 Å². The molecule has 0 amide bonds. The molecule has 1 heterocycles. The average Bonchev–Trinajstić information content (AvgIpc) is 2.67. The van der Waals surface area contributed by atoms with Crippen LogP contribution in [0.15, 0.2) is 53.4 Å². The van der Waals surface area contributed by atoms with Crippen LogP contribution < -0.4 is 0 Å². The van der Waals surface area contributed by atoms with Gasteiger partial charge in [0.2, 0.25) is 10.0 Å². The summed E-state index contributed by atoms with van der Waals surface area (Å²) >= 11 is 0. The number of pyridine rings is 1. The smallest absolute Gasteiger partial charge is 0.336 e. The Kier molecular flexibility index (Phi) is 5.49. The molecule has 0 radical (unpaired) electrons. The Hall–Kier alpha value is -2.77. The van der Waals surface area contributed by atoms with E-state index in [4.69, 9.17) is 0 Å². The quantitative estimate of drug-likeness (QED) is 0.679. The van der Waals surface area contributed by atoms with E-state index < -0.39 is 16.0 Å². The first-order chi connectivity index (χ1) is 13.3. The average molecular weight is 398 g/mol. The van der Waals surface area contributed by atoms with Crippen molar-refractivity contribution in [3.63, 3.8) is 0 Å². The highest BCUT2D eigenvalue weighted by molar-refractivity contribution is 7.89. The number of carboxylic acids is 1. The largest absolute Gasteiger partial charge is 0.478 e. The van der Waals surface area contributed by atoms with Crippen LogP contribution in [0.3, 0.4) is 0 Å². The first-order valence-corrected chi connectivity index (χ1v) is 10.5. The number of sulfonamides is 1. The van der Waals surface area contributed by atoms with Crippen molar-refractivity contribution >= 4 is 26.9 Å². The molecule has 6 nitrogen and oxygen atoms in total. The fraction of sp³-hybridized carbons (Fsp3) is 0.238. The van der Waals surface area contributed by atoms with Gasteiger partial charge in [-0.15, -0.1) is 0 Å². The van der Waals surface area contributed by atoms with Crippen molar-refractivity contribution in [1.29, 1.82) is 0 Å². The van der Waals surface area contributed by atoms with Crippen LogP contribution in [-0.2, 0) is 10.0 Å². The van der Waals surface area contributed by atoms with Gasteiger partial charge in [-0.3, -0.25) is 0 Å². The highest BCUT2D eigenvalue weighted by Gasteiger charge is 2.23. The Balaban J connectivity index is 2.21. The lowest BCUT2D eigenvalue weighted by Gasteiger charge is -2.19. The van der Waals surface area contributed by atoms with Gasteiger partial charge in [-0.05, 0) is 31.2 Å². The molecular formula is C21H22N2O4S. The van der Waals surface area contributed by atoms with Crippen molar-refractivity contribution in [2.75, 3.05) is 13.1 Å². The van der Waals surface area contributed by atoms with Crippen molar-refractivity contribution in [3.8, 4) is 11.3 Å². The number of fused-ring (bicyclic) bond motifs is 1. The van der Waals surface area contributed by atoms with Gasteiger partial charge < -0.3 is 5.11 Å². The molecule has 0 unspecified atom stereocenters. The first-order valence-electron chi connectivity index (χ1n) is 9.03. The first kappa shape index (κ1) is 20.0. The second-order valence-electron chi connectivity index (χ2n) is 6.49. The van der Waals surface area contributed by atoms with Gasteiger partial charge >= 0.3 is 5.97 Å². The van der Waals surface area contributed by atoms with Crippen LogP contribution in [0.2, 0.25) is 0 Å². The highest BCUT2D eigenvalue weighted by atomic mass is 32.2. The van der Waals surface area contributed by atoms with E-state index in [2.05, 4.69) is 4.98 Å². The number of aromatic carboxylic acids is 1. The van der Waals surface area contributed by atoms with Gasteiger partial charge in [0.25, 0.3) is 0 Å². The van der Waals surface area contributed by atoms with Gasteiger partial charge in [-0.25, -0.2) is 18.2 Å². The molecule has 0 aliphatic heterocycles. The molecule has 1 N–H and O–H groups in total. The van der Waals surface area contributed by atoms with E-state index in [1.165, 1.54) is 22.5 Å². The van der Waals surface area contributed by atoms with Gasteiger partial charge in [-0.1, -0.05) is 43.7 Å². The van der Waals surface area contributed by atoms with Crippen LogP contribution in [0.4, 0.5) is 0 Å². The summed E-state index contributed by atoms with van der Waals surface area (Å²) in [5, 5.41) is 10.0. The number of aromatic nitrogens is 1. The maximum atomic E-state index is 12.8. The predicted molar refractivity (Wildman–Crippen MR) is 109 cm³/mol. The molecule has 0 saturated carbocycles. The van der Waals surface area contributed by atoms with Crippen LogP contribution in [-0.4, -0.2) is 41.9 Å². The van der Waals surface area contributed by atoms with E-state index in [0.29, 0.717) is 29.7 Å². The Labute approximate surface area is 164 Å². The Morgan fingerprint density at radius 3 is 2.25 bits per heavy atom. The maximum absolute atomic E-state index is 12.8. The van der Waals surface area contributed by atoms with E-state index in [1.807, 2.05) is 31.2 Å². The van der Waals surface area contributed by atoms with Crippen molar-refractivity contribution in [3.05, 3.63) is 59.7 Å². The number of carboxylic acid groups (broad SMARTS) is 1. The molecule has 0 spiro atoms. The molecule has 0 aliphatic carbocycles. The minimum absolute atomic E-state index is 0.0252. The molecule has 146 valence electrons. The van der Waals surface area contributed by atoms with Crippen molar-refractivity contribution in [2.45, 2.75) is 25.7 Å². The lowest BCUT2D eigenvalue weighted by atomic mass is 10.0. The molecule has 1 aromatic heterocycles. The zero-order valence-electron chi connectivity index (χ0n) is 16.0. The summed E-state index contributed by atoms with van der Waals surface area (Å²) in [6.45, 7) is 6.18. The molecule has 3 aromatic rings. The lowest BCUT2D eigenvalue weighted by molar-refractivity contribution is 0.0699. The maximum Gasteiger partial charge on any atom is 0.336 e. The molecule has 0 aliphatic rings. The fourth-order valence-electron chi connectivity index (χ4n) is 3.13. The monoisotopic (exact) mass is 398 g/mol. The predicted octanol–water partition coefficient (Wildman–Crippen LogP) is 3.94. The van der Waals surface area contributed by atoms with E-state index >= 15 is 0 Å². The second-order valence-corrected chi connectivity index (χ2v) is 8.43. The Morgan fingerprint density at radius 2 is 1.68 bits per heavy atom. The topological polar surface area (TPSA) is 87.6 Å². The SMILES string of the molecule is CCN(CC)S(=O)(=O)c1ccc2nc(-c3ccc(C)cc3)cc(C(=O)O)c2c1. The van der Waals surface area contributed by atoms with Gasteiger partial charge in [0.05, 0.1) is 21.7 Å². The molecule has 0 fully saturated rings. The number of benzene rings is 2. The normalized spacial score (nSPS) is 11.9. The molecule has 2 aromatic carbocycles. The summed E-state index contributed by atoms with van der Waals surface area (Å²) in [4.78, 5) is 16.5. The molecule has 28 heavy (non-hydrogen) atoms. The van der Waals surface area contributed by atoms with Gasteiger partial charge in [0.1, 0.15) is 0 Å². The summed E-state index contributed by atoms with van der Waals surface area (Å²) in [5.74, 6) is -1.13. The molecular weight excluding hydrogens is 376 g/mol. The van der Waals surface area contributed by atoms with Crippen molar-refractivity contribution in [2.24, 2.45) is 0 Å².